The number of esters is 2. The molecule has 168 valence electrons. The molecule has 2 N–H and O–H groups in total. The van der Waals surface area contributed by atoms with Gasteiger partial charge in [-0.25, -0.2) is 9.18 Å². The molecule has 0 aliphatic carbocycles. The Morgan fingerprint density at radius 1 is 1.16 bits per heavy atom. The molecule has 0 atom stereocenters. The van der Waals surface area contributed by atoms with Gasteiger partial charge in [0.25, 0.3) is 0 Å². The van der Waals surface area contributed by atoms with Crippen molar-refractivity contribution in [1.82, 2.24) is 10.3 Å². The molecule has 0 amide bonds. The van der Waals surface area contributed by atoms with Crippen LogP contribution in [-0.2, 0) is 27.2 Å². The zero-order valence-corrected chi connectivity index (χ0v) is 17.6. The first-order valence-electron chi connectivity index (χ1n) is 9.75. The Morgan fingerprint density at radius 3 is 2.50 bits per heavy atom. The molecule has 0 radical (unpaired) electrons. The van der Waals surface area contributed by atoms with E-state index in [1.165, 1.54) is 20.3 Å². The van der Waals surface area contributed by atoms with Crippen molar-refractivity contribution in [1.29, 1.82) is 0 Å². The lowest BCUT2D eigenvalue weighted by Gasteiger charge is -2.08. The van der Waals surface area contributed by atoms with Gasteiger partial charge in [-0.1, -0.05) is 24.3 Å². The SMILES string of the molecule is COC(=O)CNCc1ccc(-c2[nH]c3cc(F)cc(C(=O)OC)c3c2CC[N+](=O)[O-])cc1. The quantitative estimate of drug-likeness (QED) is 0.296. The molecule has 0 saturated carbocycles. The highest BCUT2D eigenvalue weighted by molar-refractivity contribution is 6.07. The molecule has 0 aliphatic heterocycles. The van der Waals surface area contributed by atoms with Crippen LogP contribution in [0.3, 0.4) is 0 Å². The lowest BCUT2D eigenvalue weighted by atomic mass is 9.98. The number of H-pyrrole nitrogens is 1. The Morgan fingerprint density at radius 2 is 1.88 bits per heavy atom. The fraction of sp³-hybridized carbons (Fsp3) is 0.273. The molecule has 2 aromatic carbocycles. The van der Waals surface area contributed by atoms with Crippen molar-refractivity contribution in [2.45, 2.75) is 13.0 Å². The molecule has 3 rings (SSSR count). The number of nitrogens with one attached hydrogen (secondary N) is 2. The van der Waals surface area contributed by atoms with Gasteiger partial charge in [0.15, 0.2) is 0 Å². The van der Waals surface area contributed by atoms with Gasteiger partial charge in [0.2, 0.25) is 6.54 Å². The molecular formula is C22H22FN3O6. The number of ether oxygens (including phenoxy) is 2. The number of nitrogens with zero attached hydrogens (tertiary/aromatic N) is 1. The van der Waals surface area contributed by atoms with Crippen LogP contribution in [0.1, 0.15) is 21.5 Å². The van der Waals surface area contributed by atoms with Gasteiger partial charge in [0.05, 0.1) is 26.3 Å². The summed E-state index contributed by atoms with van der Waals surface area (Å²) in [5, 5.41) is 14.4. The largest absolute Gasteiger partial charge is 0.468 e. The molecule has 32 heavy (non-hydrogen) atoms. The molecular weight excluding hydrogens is 421 g/mol. The second-order valence-electron chi connectivity index (χ2n) is 7.03. The van der Waals surface area contributed by atoms with Gasteiger partial charge in [-0.3, -0.25) is 14.9 Å². The van der Waals surface area contributed by atoms with Crippen molar-refractivity contribution >= 4 is 22.8 Å². The van der Waals surface area contributed by atoms with Crippen LogP contribution in [0.4, 0.5) is 4.39 Å². The summed E-state index contributed by atoms with van der Waals surface area (Å²) in [5.41, 5.74) is 3.07. The summed E-state index contributed by atoms with van der Waals surface area (Å²) >= 11 is 0. The maximum absolute atomic E-state index is 14.1. The molecule has 9 nitrogen and oxygen atoms in total. The number of benzene rings is 2. The highest BCUT2D eigenvalue weighted by Crippen LogP contribution is 2.34. The van der Waals surface area contributed by atoms with Gasteiger partial charge >= 0.3 is 11.9 Å². The number of carbonyl (C=O) groups is 2. The number of hydrogen-bond donors (Lipinski definition) is 2. The van der Waals surface area contributed by atoms with E-state index in [1.54, 1.807) is 0 Å². The van der Waals surface area contributed by atoms with Crippen LogP contribution < -0.4 is 5.32 Å². The molecule has 0 aliphatic rings. The Labute approximate surface area is 182 Å². The fourth-order valence-electron chi connectivity index (χ4n) is 3.51. The minimum absolute atomic E-state index is 0.00646. The lowest BCUT2D eigenvalue weighted by Crippen LogP contribution is -2.23. The Hall–Kier alpha value is -3.79. The fourth-order valence-corrected chi connectivity index (χ4v) is 3.51. The van der Waals surface area contributed by atoms with Gasteiger partial charge in [-0.15, -0.1) is 0 Å². The van der Waals surface area contributed by atoms with Crippen molar-refractivity contribution in [2.24, 2.45) is 0 Å². The average Bonchev–Trinajstić information content (AvgIpc) is 3.14. The number of rotatable bonds is 9. The van der Waals surface area contributed by atoms with Gasteiger partial charge in [-0.2, -0.15) is 0 Å². The van der Waals surface area contributed by atoms with Gasteiger partial charge in [-0.05, 0) is 28.8 Å². The normalized spacial score (nSPS) is 10.8. The zero-order valence-electron chi connectivity index (χ0n) is 17.6. The maximum Gasteiger partial charge on any atom is 0.338 e. The molecule has 0 bridgehead atoms. The van der Waals surface area contributed by atoms with E-state index in [2.05, 4.69) is 15.0 Å². The third-order valence-corrected chi connectivity index (χ3v) is 4.98. The van der Waals surface area contributed by atoms with Crippen molar-refractivity contribution < 1.29 is 28.4 Å². The highest BCUT2D eigenvalue weighted by atomic mass is 19.1. The Balaban J connectivity index is 2.01. The van der Waals surface area contributed by atoms with Crippen molar-refractivity contribution in [2.75, 3.05) is 27.3 Å². The average molecular weight is 443 g/mol. The monoisotopic (exact) mass is 443 g/mol. The second kappa shape index (κ2) is 10.0. The third-order valence-electron chi connectivity index (χ3n) is 4.98. The summed E-state index contributed by atoms with van der Waals surface area (Å²) in [6.45, 7) is 0.161. The first-order chi connectivity index (χ1) is 15.3. The summed E-state index contributed by atoms with van der Waals surface area (Å²) in [6.07, 6.45) is 0.0421. The topological polar surface area (TPSA) is 124 Å². The maximum atomic E-state index is 14.1. The minimum Gasteiger partial charge on any atom is -0.468 e. The number of fused-ring (bicyclic) bond motifs is 1. The van der Waals surface area contributed by atoms with Gasteiger partial charge < -0.3 is 19.8 Å². The van der Waals surface area contributed by atoms with Crippen LogP contribution in [-0.4, -0.2) is 49.2 Å². The van der Waals surface area contributed by atoms with Crippen molar-refractivity contribution in [3.05, 3.63) is 69.0 Å². The first-order valence-corrected chi connectivity index (χ1v) is 9.75. The number of methoxy groups -OCH3 is 2. The summed E-state index contributed by atoms with van der Waals surface area (Å²) in [6, 6.07) is 9.60. The number of aromatic nitrogens is 1. The third kappa shape index (κ3) is 5.09. The molecule has 0 saturated heterocycles. The van der Waals surface area contributed by atoms with Crippen LogP contribution in [0.25, 0.3) is 22.2 Å². The molecule has 1 aromatic heterocycles. The van der Waals surface area contributed by atoms with E-state index in [0.717, 1.165) is 11.6 Å². The predicted octanol–water partition coefficient (Wildman–Crippen LogP) is 2.84. The summed E-state index contributed by atoms with van der Waals surface area (Å²) in [5.74, 6) is -1.73. The standard InChI is InChI=1S/C22H22FN3O6/c1-31-19(27)12-24-11-13-3-5-14(6-4-13)21-16(7-8-26(29)30)20-17(22(28)32-2)9-15(23)10-18(20)25-21/h3-6,9-10,24-25H,7-8,11-12H2,1-2H3. The number of nitro groups is 1. The van der Waals surface area contributed by atoms with Crippen molar-refractivity contribution in [3.8, 4) is 11.3 Å². The van der Waals surface area contributed by atoms with Gasteiger partial charge in [0.1, 0.15) is 5.82 Å². The van der Waals surface area contributed by atoms with Crippen LogP contribution >= 0.6 is 0 Å². The number of carbonyl (C=O) groups excluding carboxylic acids is 2. The van der Waals surface area contributed by atoms with Crippen molar-refractivity contribution in [3.63, 3.8) is 0 Å². The van der Waals surface area contributed by atoms with Crippen LogP contribution in [0.2, 0.25) is 0 Å². The van der Waals surface area contributed by atoms with E-state index in [9.17, 15) is 24.1 Å². The highest BCUT2D eigenvalue weighted by Gasteiger charge is 2.22. The van der Waals surface area contributed by atoms with Gasteiger partial charge in [0, 0.05) is 34.5 Å². The smallest absolute Gasteiger partial charge is 0.338 e. The number of hydrogen-bond acceptors (Lipinski definition) is 7. The van der Waals surface area contributed by atoms with Crippen LogP contribution in [0.15, 0.2) is 36.4 Å². The van der Waals surface area contributed by atoms with E-state index >= 15 is 0 Å². The van der Waals surface area contributed by atoms with E-state index < -0.39 is 16.7 Å². The van der Waals surface area contributed by atoms with E-state index in [1.807, 2.05) is 24.3 Å². The zero-order chi connectivity index (χ0) is 23.3. The van der Waals surface area contributed by atoms with Crippen LogP contribution in [0.5, 0.6) is 0 Å². The molecule has 0 fully saturated rings. The predicted molar refractivity (Wildman–Crippen MR) is 114 cm³/mol. The Kier molecular flexibility index (Phi) is 7.16. The second-order valence-corrected chi connectivity index (χ2v) is 7.03. The Bertz CT molecular complexity index is 1160. The summed E-state index contributed by atoms with van der Waals surface area (Å²) in [4.78, 5) is 37.1. The molecule has 3 aromatic rings. The number of halogens is 1. The molecule has 0 unspecified atom stereocenters. The first kappa shape index (κ1) is 22.9. The summed E-state index contributed by atoms with van der Waals surface area (Å²) in [7, 11) is 2.50. The van der Waals surface area contributed by atoms with E-state index in [4.69, 9.17) is 4.74 Å². The van der Waals surface area contributed by atoms with E-state index in [0.29, 0.717) is 34.3 Å². The molecule has 1 heterocycles. The number of aromatic amines is 1. The lowest BCUT2D eigenvalue weighted by molar-refractivity contribution is -0.479. The van der Waals surface area contributed by atoms with Crippen LogP contribution in [0, 0.1) is 15.9 Å². The minimum atomic E-state index is -0.727. The summed E-state index contributed by atoms with van der Waals surface area (Å²) < 4.78 is 23.5. The van der Waals surface area contributed by atoms with E-state index in [-0.39, 0.29) is 31.0 Å². The molecule has 0 spiro atoms. The molecule has 10 heteroatoms.